The van der Waals surface area contributed by atoms with Gasteiger partial charge in [0.2, 0.25) is 0 Å². The number of hydrogen-bond donors (Lipinski definition) is 2. The normalized spacial score (nSPS) is 9.81. The van der Waals surface area contributed by atoms with E-state index in [1.54, 1.807) is 0 Å². The number of carboxylic acid groups (broad SMARTS) is 2. The number of nitrogens with zero attached hydrogens (tertiary/aromatic N) is 2. The molecule has 0 saturated carbocycles. The van der Waals surface area contributed by atoms with Crippen molar-refractivity contribution in [3.05, 3.63) is 33.1 Å². The molecule has 0 spiro atoms. The molecule has 2 N–H and O–H groups in total. The molecule has 0 radical (unpaired) electrons. The molecule has 0 atom stereocenters. The van der Waals surface area contributed by atoms with E-state index >= 15 is 0 Å². The van der Waals surface area contributed by atoms with Crippen LogP contribution in [0.4, 0.5) is 5.69 Å². The molecule has 1 rings (SSSR count). The molecule has 0 amide bonds. The van der Waals surface area contributed by atoms with Crippen LogP contribution in [0.25, 0.3) is 0 Å². The van der Waals surface area contributed by atoms with Crippen LogP contribution in [0.5, 0.6) is 0 Å². The Labute approximate surface area is 88.3 Å². The van der Waals surface area contributed by atoms with Gasteiger partial charge in [-0.25, -0.2) is 14.6 Å². The minimum Gasteiger partial charge on any atom is -0.478 e. The van der Waals surface area contributed by atoms with E-state index in [-0.39, 0.29) is 5.69 Å². The molecular formula is C8H6N2O6. The summed E-state index contributed by atoms with van der Waals surface area (Å²) in [6, 6.07) is 0.689. The number of carboxylic acids is 2. The Balaban J connectivity index is 3.55. The highest BCUT2D eigenvalue weighted by Gasteiger charge is 2.24. The quantitative estimate of drug-likeness (QED) is 0.572. The maximum atomic E-state index is 10.7. The van der Waals surface area contributed by atoms with Crippen molar-refractivity contribution in [1.29, 1.82) is 0 Å². The van der Waals surface area contributed by atoms with Crippen LogP contribution in [-0.4, -0.2) is 32.1 Å². The zero-order valence-corrected chi connectivity index (χ0v) is 8.00. The Morgan fingerprint density at radius 2 is 1.94 bits per heavy atom. The van der Waals surface area contributed by atoms with Gasteiger partial charge >= 0.3 is 11.9 Å². The fourth-order valence-corrected chi connectivity index (χ4v) is 1.11. The fraction of sp³-hybridized carbons (Fsp3) is 0.125. The summed E-state index contributed by atoms with van der Waals surface area (Å²) < 4.78 is 0. The Bertz CT molecular complexity index is 496. The van der Waals surface area contributed by atoms with Gasteiger partial charge in [-0.2, -0.15) is 0 Å². The summed E-state index contributed by atoms with van der Waals surface area (Å²) in [5.41, 5.74) is -2.09. The Hall–Kier alpha value is -2.51. The van der Waals surface area contributed by atoms with Gasteiger partial charge in [-0.1, -0.05) is 0 Å². The summed E-state index contributed by atoms with van der Waals surface area (Å²) in [7, 11) is 0. The summed E-state index contributed by atoms with van der Waals surface area (Å²) in [4.78, 5) is 34.4. The van der Waals surface area contributed by atoms with Crippen molar-refractivity contribution in [3.63, 3.8) is 0 Å². The van der Waals surface area contributed by atoms with Crippen molar-refractivity contribution < 1.29 is 24.7 Å². The molecule has 0 bridgehead atoms. The predicted octanol–water partition coefficient (Wildman–Crippen LogP) is 0.695. The number of aromatic nitrogens is 1. The number of hydrogen-bond acceptors (Lipinski definition) is 5. The minimum absolute atomic E-state index is 0.146. The van der Waals surface area contributed by atoms with E-state index in [0.717, 1.165) is 0 Å². The topological polar surface area (TPSA) is 131 Å². The average molecular weight is 226 g/mol. The lowest BCUT2D eigenvalue weighted by Crippen LogP contribution is -2.12. The maximum Gasteiger partial charge on any atom is 0.355 e. The first kappa shape index (κ1) is 11.6. The van der Waals surface area contributed by atoms with E-state index in [9.17, 15) is 19.7 Å². The zero-order chi connectivity index (χ0) is 12.5. The van der Waals surface area contributed by atoms with Crippen molar-refractivity contribution in [3.8, 4) is 0 Å². The number of aromatic carboxylic acids is 2. The third kappa shape index (κ3) is 1.95. The van der Waals surface area contributed by atoms with Crippen LogP contribution in [0.3, 0.4) is 0 Å². The van der Waals surface area contributed by atoms with E-state index in [0.29, 0.717) is 6.07 Å². The third-order valence-corrected chi connectivity index (χ3v) is 1.82. The standard InChI is InChI=1S/C8H6N2O6/c1-3-5(10(15)16)2-4(7(11)12)6(9-3)8(13)14/h2H,1H3,(H,11,12)(H,13,14). The fourth-order valence-electron chi connectivity index (χ4n) is 1.11. The van der Waals surface area contributed by atoms with Gasteiger partial charge in [-0.15, -0.1) is 0 Å². The number of carbonyl (C=O) groups is 2. The van der Waals surface area contributed by atoms with Crippen molar-refractivity contribution in [2.45, 2.75) is 6.92 Å². The zero-order valence-electron chi connectivity index (χ0n) is 8.00. The second-order valence-electron chi connectivity index (χ2n) is 2.86. The smallest absolute Gasteiger partial charge is 0.355 e. The lowest BCUT2D eigenvalue weighted by atomic mass is 10.1. The maximum absolute atomic E-state index is 10.7. The molecule has 16 heavy (non-hydrogen) atoms. The van der Waals surface area contributed by atoms with Crippen molar-refractivity contribution in [2.75, 3.05) is 0 Å². The van der Waals surface area contributed by atoms with Crippen LogP contribution in [-0.2, 0) is 0 Å². The lowest BCUT2D eigenvalue weighted by Gasteiger charge is -2.02. The van der Waals surface area contributed by atoms with Gasteiger partial charge in [0.05, 0.1) is 10.5 Å². The van der Waals surface area contributed by atoms with Gasteiger partial charge in [0.25, 0.3) is 5.69 Å². The largest absolute Gasteiger partial charge is 0.478 e. The van der Waals surface area contributed by atoms with Crippen LogP contribution in [0, 0.1) is 17.0 Å². The van der Waals surface area contributed by atoms with Gasteiger partial charge < -0.3 is 10.2 Å². The van der Waals surface area contributed by atoms with Crippen molar-refractivity contribution >= 4 is 17.6 Å². The Morgan fingerprint density at radius 3 is 2.31 bits per heavy atom. The first-order chi connectivity index (χ1) is 7.34. The van der Waals surface area contributed by atoms with E-state index in [1.165, 1.54) is 6.92 Å². The van der Waals surface area contributed by atoms with E-state index in [4.69, 9.17) is 10.2 Å². The Morgan fingerprint density at radius 1 is 1.38 bits per heavy atom. The van der Waals surface area contributed by atoms with Gasteiger partial charge in [-0.05, 0) is 6.92 Å². The molecular weight excluding hydrogens is 220 g/mol. The highest BCUT2D eigenvalue weighted by atomic mass is 16.6. The minimum atomic E-state index is -1.58. The van der Waals surface area contributed by atoms with Crippen LogP contribution >= 0.6 is 0 Å². The number of aryl methyl sites for hydroxylation is 1. The third-order valence-electron chi connectivity index (χ3n) is 1.82. The molecule has 0 fully saturated rings. The van der Waals surface area contributed by atoms with Crippen LogP contribution in [0.1, 0.15) is 26.5 Å². The summed E-state index contributed by atoms with van der Waals surface area (Å²) in [5.74, 6) is -3.12. The van der Waals surface area contributed by atoms with Gasteiger partial charge in [0.1, 0.15) is 5.69 Å². The van der Waals surface area contributed by atoms with Gasteiger partial charge in [0.15, 0.2) is 5.69 Å². The van der Waals surface area contributed by atoms with Crippen molar-refractivity contribution in [2.24, 2.45) is 0 Å². The summed E-state index contributed by atoms with van der Waals surface area (Å²) >= 11 is 0. The summed E-state index contributed by atoms with van der Waals surface area (Å²) in [6.07, 6.45) is 0. The Kier molecular flexibility index (Phi) is 2.84. The second kappa shape index (κ2) is 3.93. The molecule has 1 aromatic heterocycles. The van der Waals surface area contributed by atoms with Crippen LogP contribution in [0.2, 0.25) is 0 Å². The number of pyridine rings is 1. The van der Waals surface area contributed by atoms with Gasteiger partial charge in [-0.3, -0.25) is 10.1 Å². The second-order valence-corrected chi connectivity index (χ2v) is 2.86. The summed E-state index contributed by atoms with van der Waals surface area (Å²) in [5, 5.41) is 27.9. The highest BCUT2D eigenvalue weighted by molar-refractivity contribution is 6.00. The molecule has 1 heterocycles. The molecule has 84 valence electrons. The summed E-state index contributed by atoms with van der Waals surface area (Å²) in [6.45, 7) is 1.23. The predicted molar refractivity (Wildman–Crippen MR) is 49.5 cm³/mol. The monoisotopic (exact) mass is 226 g/mol. The molecule has 0 aliphatic carbocycles. The van der Waals surface area contributed by atoms with Crippen LogP contribution < -0.4 is 0 Å². The first-order valence-corrected chi connectivity index (χ1v) is 3.97. The number of rotatable bonds is 3. The molecule has 0 aliphatic heterocycles. The van der Waals surface area contributed by atoms with E-state index < -0.39 is 33.8 Å². The first-order valence-electron chi connectivity index (χ1n) is 3.97. The molecule has 8 heteroatoms. The molecule has 0 saturated heterocycles. The number of nitro groups is 1. The molecule has 0 aliphatic rings. The molecule has 0 unspecified atom stereocenters. The van der Waals surface area contributed by atoms with E-state index in [1.807, 2.05) is 0 Å². The average Bonchev–Trinajstić information content (AvgIpc) is 2.15. The van der Waals surface area contributed by atoms with Crippen LogP contribution in [0.15, 0.2) is 6.07 Å². The molecule has 1 aromatic rings. The van der Waals surface area contributed by atoms with E-state index in [2.05, 4.69) is 4.98 Å². The van der Waals surface area contributed by atoms with Crippen molar-refractivity contribution in [1.82, 2.24) is 4.98 Å². The lowest BCUT2D eigenvalue weighted by molar-refractivity contribution is -0.385. The van der Waals surface area contributed by atoms with Gasteiger partial charge in [0, 0.05) is 6.07 Å². The molecule has 0 aromatic carbocycles. The highest BCUT2D eigenvalue weighted by Crippen LogP contribution is 2.20. The molecule has 8 nitrogen and oxygen atoms in total. The SMILES string of the molecule is Cc1nc(C(=O)O)c(C(=O)O)cc1[N+](=O)[O-].